The fraction of sp³-hybridized carbons (Fsp3) is 0.750. The lowest BCUT2D eigenvalue weighted by atomic mass is 9.78. The minimum Gasteiger partial charge on any atom is -0.303 e. The zero-order valence-electron chi connectivity index (χ0n) is 9.10. The molecule has 0 heterocycles. The first-order chi connectivity index (χ1) is 6.74. The van der Waals surface area contributed by atoms with Gasteiger partial charge in [-0.2, -0.15) is 0 Å². The van der Waals surface area contributed by atoms with E-state index in [0.29, 0.717) is 5.88 Å². The van der Waals surface area contributed by atoms with E-state index < -0.39 is 0 Å². The SMILES string of the molecule is C=CCCCC(C=O)(CC)CCCCl. The number of carbonyl (C=O) groups is 1. The first-order valence-corrected chi connectivity index (χ1v) is 5.91. The number of unbranched alkanes of at least 4 members (excludes halogenated alkanes) is 1. The number of alkyl halides is 1. The van der Waals surface area contributed by atoms with Gasteiger partial charge in [0.25, 0.3) is 0 Å². The molecule has 0 amide bonds. The van der Waals surface area contributed by atoms with E-state index in [9.17, 15) is 4.79 Å². The van der Waals surface area contributed by atoms with Crippen LogP contribution in [0.4, 0.5) is 0 Å². The highest BCUT2D eigenvalue weighted by atomic mass is 35.5. The third-order valence-electron chi connectivity index (χ3n) is 2.85. The fourth-order valence-corrected chi connectivity index (χ4v) is 1.83. The van der Waals surface area contributed by atoms with Crippen molar-refractivity contribution in [2.24, 2.45) is 5.41 Å². The first kappa shape index (κ1) is 13.7. The Morgan fingerprint density at radius 2 is 2.00 bits per heavy atom. The minimum atomic E-state index is -0.127. The lowest BCUT2D eigenvalue weighted by Gasteiger charge is -2.26. The van der Waals surface area contributed by atoms with Gasteiger partial charge in [0, 0.05) is 11.3 Å². The number of hydrogen-bond acceptors (Lipinski definition) is 1. The fourth-order valence-electron chi connectivity index (χ4n) is 1.70. The maximum Gasteiger partial charge on any atom is 0.126 e. The van der Waals surface area contributed by atoms with E-state index in [2.05, 4.69) is 13.5 Å². The number of aldehydes is 1. The molecule has 82 valence electrons. The highest BCUT2D eigenvalue weighted by Gasteiger charge is 2.25. The van der Waals surface area contributed by atoms with Gasteiger partial charge in [-0.05, 0) is 38.5 Å². The zero-order valence-corrected chi connectivity index (χ0v) is 9.85. The summed E-state index contributed by atoms with van der Waals surface area (Å²) in [7, 11) is 0. The van der Waals surface area contributed by atoms with Gasteiger partial charge in [0.2, 0.25) is 0 Å². The van der Waals surface area contributed by atoms with Crippen molar-refractivity contribution >= 4 is 17.9 Å². The number of carbonyl (C=O) groups excluding carboxylic acids is 1. The minimum absolute atomic E-state index is 0.127. The highest BCUT2D eigenvalue weighted by Crippen LogP contribution is 2.31. The van der Waals surface area contributed by atoms with Gasteiger partial charge in [0.05, 0.1) is 0 Å². The Balaban J connectivity index is 4.06. The van der Waals surface area contributed by atoms with Gasteiger partial charge in [-0.1, -0.05) is 13.0 Å². The van der Waals surface area contributed by atoms with Crippen molar-refractivity contribution in [1.82, 2.24) is 0 Å². The molecule has 0 saturated heterocycles. The summed E-state index contributed by atoms with van der Waals surface area (Å²) in [6.07, 6.45) is 8.83. The molecule has 1 atom stereocenters. The molecule has 0 fully saturated rings. The van der Waals surface area contributed by atoms with Crippen LogP contribution in [-0.4, -0.2) is 12.2 Å². The molecule has 0 saturated carbocycles. The predicted octanol–water partition coefficient (Wildman–Crippen LogP) is 3.96. The molecule has 0 bridgehead atoms. The van der Waals surface area contributed by atoms with Gasteiger partial charge in [-0.3, -0.25) is 0 Å². The summed E-state index contributed by atoms with van der Waals surface area (Å²) in [5.74, 6) is 0.650. The van der Waals surface area contributed by atoms with Crippen molar-refractivity contribution in [3.8, 4) is 0 Å². The van der Waals surface area contributed by atoms with Crippen LogP contribution in [0, 0.1) is 5.41 Å². The van der Waals surface area contributed by atoms with E-state index in [-0.39, 0.29) is 5.41 Å². The lowest BCUT2D eigenvalue weighted by molar-refractivity contribution is -0.117. The van der Waals surface area contributed by atoms with Crippen LogP contribution in [0.2, 0.25) is 0 Å². The Morgan fingerprint density at radius 3 is 2.43 bits per heavy atom. The maximum absolute atomic E-state index is 11.1. The standard InChI is InChI=1S/C12H21ClO/c1-3-5-6-8-12(4-2,11-14)9-7-10-13/h3,11H,1,4-10H2,2H3. The molecule has 0 aliphatic carbocycles. The predicted molar refractivity (Wildman–Crippen MR) is 62.8 cm³/mol. The molecule has 0 aliphatic heterocycles. The number of hydrogen-bond donors (Lipinski definition) is 0. The molecule has 14 heavy (non-hydrogen) atoms. The molecular formula is C12H21ClO. The molecule has 0 N–H and O–H groups in total. The first-order valence-electron chi connectivity index (χ1n) is 5.38. The highest BCUT2D eigenvalue weighted by molar-refractivity contribution is 6.17. The van der Waals surface area contributed by atoms with Crippen LogP contribution in [0.25, 0.3) is 0 Å². The third kappa shape index (κ3) is 4.80. The van der Waals surface area contributed by atoms with Gasteiger partial charge in [-0.25, -0.2) is 0 Å². The van der Waals surface area contributed by atoms with Crippen molar-refractivity contribution in [2.45, 2.75) is 45.4 Å². The Hall–Kier alpha value is -0.300. The van der Waals surface area contributed by atoms with Crippen LogP contribution < -0.4 is 0 Å². The summed E-state index contributed by atoms with van der Waals surface area (Å²) in [4.78, 5) is 11.1. The Kier molecular flexibility index (Phi) is 7.87. The van der Waals surface area contributed by atoms with E-state index in [1.807, 2.05) is 6.08 Å². The molecule has 0 aromatic carbocycles. The molecule has 1 nitrogen and oxygen atoms in total. The van der Waals surface area contributed by atoms with Gasteiger partial charge >= 0.3 is 0 Å². The molecular weight excluding hydrogens is 196 g/mol. The summed E-state index contributed by atoms with van der Waals surface area (Å²) < 4.78 is 0. The number of halogens is 1. The van der Waals surface area contributed by atoms with Crippen molar-refractivity contribution in [1.29, 1.82) is 0 Å². The van der Waals surface area contributed by atoms with Crippen molar-refractivity contribution in [2.75, 3.05) is 5.88 Å². The number of allylic oxidation sites excluding steroid dienone is 1. The average molecular weight is 217 g/mol. The van der Waals surface area contributed by atoms with Crippen LogP contribution in [0.3, 0.4) is 0 Å². The topological polar surface area (TPSA) is 17.1 Å². The van der Waals surface area contributed by atoms with E-state index in [0.717, 1.165) is 44.8 Å². The molecule has 0 spiro atoms. The molecule has 0 aliphatic rings. The summed E-state index contributed by atoms with van der Waals surface area (Å²) in [6.45, 7) is 5.76. The summed E-state index contributed by atoms with van der Waals surface area (Å²) in [5, 5.41) is 0. The lowest BCUT2D eigenvalue weighted by Crippen LogP contribution is -2.21. The zero-order chi connectivity index (χ0) is 10.9. The van der Waals surface area contributed by atoms with Crippen LogP contribution in [0.15, 0.2) is 12.7 Å². The third-order valence-corrected chi connectivity index (χ3v) is 3.11. The number of rotatable bonds is 9. The quantitative estimate of drug-likeness (QED) is 0.247. The molecule has 0 rings (SSSR count). The summed E-state index contributed by atoms with van der Waals surface area (Å²) in [6, 6.07) is 0. The summed E-state index contributed by atoms with van der Waals surface area (Å²) >= 11 is 5.65. The second kappa shape index (κ2) is 8.05. The Morgan fingerprint density at radius 1 is 1.36 bits per heavy atom. The monoisotopic (exact) mass is 216 g/mol. The summed E-state index contributed by atoms with van der Waals surface area (Å²) in [5.41, 5.74) is -0.127. The van der Waals surface area contributed by atoms with Gasteiger partial charge in [0.15, 0.2) is 0 Å². The average Bonchev–Trinajstić information content (AvgIpc) is 2.24. The van der Waals surface area contributed by atoms with Crippen LogP contribution in [0.5, 0.6) is 0 Å². The van der Waals surface area contributed by atoms with Crippen molar-refractivity contribution < 1.29 is 4.79 Å². The van der Waals surface area contributed by atoms with Crippen molar-refractivity contribution in [3.63, 3.8) is 0 Å². The van der Waals surface area contributed by atoms with Crippen LogP contribution >= 0.6 is 11.6 Å². The van der Waals surface area contributed by atoms with Gasteiger partial charge in [-0.15, -0.1) is 18.2 Å². The second-order valence-electron chi connectivity index (χ2n) is 3.81. The second-order valence-corrected chi connectivity index (χ2v) is 4.19. The Bertz CT molecular complexity index is 168. The van der Waals surface area contributed by atoms with Crippen LogP contribution in [-0.2, 0) is 4.79 Å². The van der Waals surface area contributed by atoms with E-state index in [1.54, 1.807) is 0 Å². The molecule has 0 aromatic heterocycles. The molecule has 0 aromatic rings. The smallest absolute Gasteiger partial charge is 0.126 e. The maximum atomic E-state index is 11.1. The van der Waals surface area contributed by atoms with Gasteiger partial charge < -0.3 is 4.79 Å². The Labute approximate surface area is 92.5 Å². The molecule has 2 heteroatoms. The van der Waals surface area contributed by atoms with E-state index >= 15 is 0 Å². The van der Waals surface area contributed by atoms with Crippen LogP contribution in [0.1, 0.15) is 45.4 Å². The normalized spacial score (nSPS) is 14.7. The van der Waals surface area contributed by atoms with Gasteiger partial charge in [0.1, 0.15) is 6.29 Å². The van der Waals surface area contributed by atoms with Crippen molar-refractivity contribution in [3.05, 3.63) is 12.7 Å². The molecule has 0 radical (unpaired) electrons. The largest absolute Gasteiger partial charge is 0.303 e. The molecule has 1 unspecified atom stereocenters. The van der Waals surface area contributed by atoms with E-state index in [1.165, 1.54) is 0 Å². The van der Waals surface area contributed by atoms with E-state index in [4.69, 9.17) is 11.6 Å².